The zero-order valence-corrected chi connectivity index (χ0v) is 15.1. The predicted molar refractivity (Wildman–Crippen MR) is 102 cm³/mol. The molecule has 0 aliphatic carbocycles. The molecule has 0 unspecified atom stereocenters. The highest BCUT2D eigenvalue weighted by atomic mass is 14.8. The summed E-state index contributed by atoms with van der Waals surface area (Å²) in [5, 5.41) is 0. The summed E-state index contributed by atoms with van der Waals surface area (Å²) >= 11 is 0. The molecule has 0 spiro atoms. The summed E-state index contributed by atoms with van der Waals surface area (Å²) in [6, 6.07) is 17.3. The highest BCUT2D eigenvalue weighted by molar-refractivity contribution is 5.85. The molecular formula is C22H29N. The number of aliphatic imine (C=N–C) groups is 1. The zero-order valence-electron chi connectivity index (χ0n) is 15.1. The van der Waals surface area contributed by atoms with Crippen molar-refractivity contribution in [2.45, 2.75) is 59.3 Å². The van der Waals surface area contributed by atoms with Gasteiger partial charge in [0.05, 0.1) is 5.69 Å². The van der Waals surface area contributed by atoms with Crippen molar-refractivity contribution in [1.29, 1.82) is 0 Å². The Morgan fingerprint density at radius 3 is 1.91 bits per heavy atom. The average Bonchev–Trinajstić information content (AvgIpc) is 2.53. The van der Waals surface area contributed by atoms with Crippen LogP contribution < -0.4 is 0 Å². The van der Waals surface area contributed by atoms with Crippen molar-refractivity contribution in [2.75, 3.05) is 0 Å². The molecule has 2 rings (SSSR count). The third-order valence-corrected chi connectivity index (χ3v) is 4.26. The molecule has 0 aromatic heterocycles. The Morgan fingerprint density at radius 2 is 1.39 bits per heavy atom. The van der Waals surface area contributed by atoms with Crippen molar-refractivity contribution < 1.29 is 0 Å². The van der Waals surface area contributed by atoms with E-state index in [-0.39, 0.29) is 0 Å². The van der Waals surface area contributed by atoms with E-state index in [0.29, 0.717) is 11.8 Å². The standard InChI is InChI=1S/C22H29N/c1-16(2)20-12-9-13-21(17(3)4)22(20)23-18(5)14-15-19-10-7-6-8-11-19/h6-13,16-17H,14-15H2,1-5H3. The van der Waals surface area contributed by atoms with Crippen LogP contribution in [0.2, 0.25) is 0 Å². The van der Waals surface area contributed by atoms with Gasteiger partial charge in [0.1, 0.15) is 0 Å². The summed E-state index contributed by atoms with van der Waals surface area (Å²) in [6.45, 7) is 11.1. The molecule has 0 N–H and O–H groups in total. The summed E-state index contributed by atoms with van der Waals surface area (Å²) < 4.78 is 0. The van der Waals surface area contributed by atoms with Crippen LogP contribution in [0.4, 0.5) is 5.69 Å². The molecule has 0 atom stereocenters. The lowest BCUT2D eigenvalue weighted by atomic mass is 9.93. The van der Waals surface area contributed by atoms with Crippen LogP contribution in [0.1, 0.15) is 69.6 Å². The second-order valence-electron chi connectivity index (χ2n) is 6.93. The Bertz CT molecular complexity index is 625. The number of nitrogens with zero attached hydrogens (tertiary/aromatic N) is 1. The molecule has 122 valence electrons. The number of benzene rings is 2. The first kappa shape index (κ1) is 17.5. The molecule has 0 aliphatic rings. The Morgan fingerprint density at radius 1 is 0.826 bits per heavy atom. The number of hydrogen-bond donors (Lipinski definition) is 0. The van der Waals surface area contributed by atoms with E-state index in [1.807, 2.05) is 0 Å². The topological polar surface area (TPSA) is 12.4 Å². The summed E-state index contributed by atoms with van der Waals surface area (Å²) in [5.74, 6) is 0.990. The summed E-state index contributed by atoms with van der Waals surface area (Å²) in [5.41, 5.74) is 6.50. The lowest BCUT2D eigenvalue weighted by Crippen LogP contribution is -1.99. The molecule has 0 saturated carbocycles. The number of hydrogen-bond acceptors (Lipinski definition) is 1. The fourth-order valence-electron chi connectivity index (χ4n) is 2.86. The van der Waals surface area contributed by atoms with E-state index in [4.69, 9.17) is 4.99 Å². The van der Waals surface area contributed by atoms with Gasteiger partial charge in [-0.1, -0.05) is 76.2 Å². The minimum absolute atomic E-state index is 0.495. The van der Waals surface area contributed by atoms with Crippen molar-refractivity contribution in [1.82, 2.24) is 0 Å². The molecule has 2 aromatic rings. The maximum Gasteiger partial charge on any atom is 0.0698 e. The predicted octanol–water partition coefficient (Wildman–Crippen LogP) is 6.66. The van der Waals surface area contributed by atoms with Crippen LogP contribution in [-0.2, 0) is 6.42 Å². The lowest BCUT2D eigenvalue weighted by Gasteiger charge is -2.17. The van der Waals surface area contributed by atoms with Gasteiger partial charge in [-0.05, 0) is 48.3 Å². The number of aryl methyl sites for hydroxylation is 1. The number of para-hydroxylation sites is 1. The Kier molecular flexibility index (Phi) is 6.15. The van der Waals surface area contributed by atoms with Gasteiger partial charge in [-0.25, -0.2) is 0 Å². The lowest BCUT2D eigenvalue weighted by molar-refractivity contribution is 0.834. The van der Waals surface area contributed by atoms with Crippen LogP contribution in [0.3, 0.4) is 0 Å². The number of rotatable bonds is 6. The molecule has 0 bridgehead atoms. The average molecular weight is 307 g/mol. The van der Waals surface area contributed by atoms with Gasteiger partial charge in [0.2, 0.25) is 0 Å². The monoisotopic (exact) mass is 307 g/mol. The normalized spacial score (nSPS) is 12.2. The van der Waals surface area contributed by atoms with Gasteiger partial charge in [-0.3, -0.25) is 4.99 Å². The van der Waals surface area contributed by atoms with Crippen LogP contribution in [-0.4, -0.2) is 5.71 Å². The van der Waals surface area contributed by atoms with Crippen LogP contribution in [0, 0.1) is 0 Å². The minimum atomic E-state index is 0.495. The van der Waals surface area contributed by atoms with Crippen LogP contribution in [0.25, 0.3) is 0 Å². The highest BCUT2D eigenvalue weighted by Gasteiger charge is 2.13. The van der Waals surface area contributed by atoms with Crippen LogP contribution in [0.15, 0.2) is 53.5 Å². The van der Waals surface area contributed by atoms with E-state index >= 15 is 0 Å². The summed E-state index contributed by atoms with van der Waals surface area (Å²) in [4.78, 5) is 5.03. The van der Waals surface area contributed by atoms with E-state index in [2.05, 4.69) is 83.1 Å². The van der Waals surface area contributed by atoms with Crippen molar-refractivity contribution in [2.24, 2.45) is 4.99 Å². The van der Waals surface area contributed by atoms with E-state index in [1.165, 1.54) is 28.1 Å². The van der Waals surface area contributed by atoms with E-state index < -0.39 is 0 Å². The van der Waals surface area contributed by atoms with Crippen molar-refractivity contribution in [3.8, 4) is 0 Å². The summed E-state index contributed by atoms with van der Waals surface area (Å²) in [7, 11) is 0. The van der Waals surface area contributed by atoms with Gasteiger partial charge in [-0.2, -0.15) is 0 Å². The Hall–Kier alpha value is -1.89. The van der Waals surface area contributed by atoms with Crippen molar-refractivity contribution in [3.63, 3.8) is 0 Å². The molecule has 0 fully saturated rings. The molecule has 0 heterocycles. The molecule has 0 saturated heterocycles. The van der Waals surface area contributed by atoms with Gasteiger partial charge in [-0.15, -0.1) is 0 Å². The molecule has 23 heavy (non-hydrogen) atoms. The largest absolute Gasteiger partial charge is 0.258 e. The van der Waals surface area contributed by atoms with Gasteiger partial charge in [0.15, 0.2) is 0 Å². The van der Waals surface area contributed by atoms with E-state index in [9.17, 15) is 0 Å². The second kappa shape index (κ2) is 8.10. The first-order valence-corrected chi connectivity index (χ1v) is 8.70. The fraction of sp³-hybridized carbons (Fsp3) is 0.409. The Labute approximate surface area is 141 Å². The minimum Gasteiger partial charge on any atom is -0.258 e. The molecule has 2 aromatic carbocycles. The molecule has 0 radical (unpaired) electrons. The first-order chi connectivity index (χ1) is 11.0. The Balaban J connectivity index is 2.25. The van der Waals surface area contributed by atoms with Crippen molar-refractivity contribution in [3.05, 3.63) is 65.2 Å². The molecule has 0 amide bonds. The van der Waals surface area contributed by atoms with Gasteiger partial charge in [0.25, 0.3) is 0 Å². The molecule has 1 heteroatoms. The van der Waals surface area contributed by atoms with Gasteiger partial charge < -0.3 is 0 Å². The second-order valence-corrected chi connectivity index (χ2v) is 6.93. The fourth-order valence-corrected chi connectivity index (χ4v) is 2.86. The SMILES string of the molecule is CC(CCc1ccccc1)=Nc1c(C(C)C)cccc1C(C)C. The van der Waals surface area contributed by atoms with Gasteiger partial charge >= 0.3 is 0 Å². The quantitative estimate of drug-likeness (QED) is 0.529. The highest BCUT2D eigenvalue weighted by Crippen LogP contribution is 2.35. The molecule has 0 aliphatic heterocycles. The van der Waals surface area contributed by atoms with Crippen LogP contribution >= 0.6 is 0 Å². The molecular weight excluding hydrogens is 278 g/mol. The third-order valence-electron chi connectivity index (χ3n) is 4.26. The first-order valence-electron chi connectivity index (χ1n) is 8.70. The van der Waals surface area contributed by atoms with E-state index in [1.54, 1.807) is 0 Å². The van der Waals surface area contributed by atoms with Gasteiger partial charge in [0, 0.05) is 5.71 Å². The van der Waals surface area contributed by atoms with E-state index in [0.717, 1.165) is 12.8 Å². The maximum absolute atomic E-state index is 5.03. The van der Waals surface area contributed by atoms with Crippen molar-refractivity contribution >= 4 is 11.4 Å². The summed E-state index contributed by atoms with van der Waals surface area (Å²) in [6.07, 6.45) is 2.06. The molecule has 1 nitrogen and oxygen atoms in total. The van der Waals surface area contributed by atoms with Crippen LogP contribution in [0.5, 0.6) is 0 Å². The smallest absolute Gasteiger partial charge is 0.0698 e. The zero-order chi connectivity index (χ0) is 16.8. The maximum atomic E-state index is 5.03. The third kappa shape index (κ3) is 4.79.